The molecule has 5 heteroatoms. The van der Waals surface area contributed by atoms with Crippen molar-refractivity contribution in [1.29, 1.82) is 0 Å². The molecule has 1 heterocycles. The monoisotopic (exact) mass is 230 g/mol. The van der Waals surface area contributed by atoms with Crippen LogP contribution in [0.2, 0.25) is 5.02 Å². The van der Waals surface area contributed by atoms with Crippen molar-refractivity contribution >= 4 is 17.3 Å². The van der Waals surface area contributed by atoms with Crippen LogP contribution in [0.4, 0.5) is 10.1 Å². The SMILES string of the molecule is Oc1c(Cl)cc(F)cc1N1CCNCC1. The predicted molar refractivity (Wildman–Crippen MR) is 58.2 cm³/mol. The molecule has 0 aliphatic carbocycles. The minimum atomic E-state index is -0.425. The Bertz CT molecular complexity index is 367. The van der Waals surface area contributed by atoms with Crippen molar-refractivity contribution in [2.75, 3.05) is 31.1 Å². The standard InChI is InChI=1S/C10H12ClFN2O/c11-8-5-7(12)6-9(10(8)15)14-3-1-13-2-4-14/h5-6,13,15H,1-4H2. The van der Waals surface area contributed by atoms with Gasteiger partial charge in [0, 0.05) is 32.2 Å². The highest BCUT2D eigenvalue weighted by atomic mass is 35.5. The minimum Gasteiger partial charge on any atom is -0.504 e. The van der Waals surface area contributed by atoms with E-state index < -0.39 is 5.82 Å². The van der Waals surface area contributed by atoms with Crippen LogP contribution in [-0.4, -0.2) is 31.3 Å². The normalized spacial score (nSPS) is 16.8. The van der Waals surface area contributed by atoms with Gasteiger partial charge in [0.25, 0.3) is 0 Å². The van der Waals surface area contributed by atoms with Crippen LogP contribution in [0.15, 0.2) is 12.1 Å². The number of halogens is 2. The van der Waals surface area contributed by atoms with Crippen LogP contribution in [0, 0.1) is 5.82 Å². The van der Waals surface area contributed by atoms with E-state index in [0.717, 1.165) is 32.2 Å². The van der Waals surface area contributed by atoms with E-state index in [1.807, 2.05) is 4.90 Å². The zero-order valence-corrected chi connectivity index (χ0v) is 8.89. The number of aromatic hydroxyl groups is 1. The molecule has 3 nitrogen and oxygen atoms in total. The molecule has 0 radical (unpaired) electrons. The lowest BCUT2D eigenvalue weighted by Crippen LogP contribution is -2.43. The summed E-state index contributed by atoms with van der Waals surface area (Å²) in [5.41, 5.74) is 0.474. The molecule has 0 bridgehead atoms. The van der Waals surface area contributed by atoms with E-state index in [2.05, 4.69) is 5.32 Å². The summed E-state index contributed by atoms with van der Waals surface area (Å²) in [6.45, 7) is 3.14. The first-order chi connectivity index (χ1) is 7.18. The van der Waals surface area contributed by atoms with Gasteiger partial charge in [-0.2, -0.15) is 0 Å². The van der Waals surface area contributed by atoms with Crippen LogP contribution < -0.4 is 10.2 Å². The maximum absolute atomic E-state index is 13.1. The summed E-state index contributed by atoms with van der Waals surface area (Å²) in [6.07, 6.45) is 0. The summed E-state index contributed by atoms with van der Waals surface area (Å²) in [5, 5.41) is 13.0. The Morgan fingerprint density at radius 1 is 1.33 bits per heavy atom. The second kappa shape index (κ2) is 4.24. The molecular formula is C10H12ClFN2O. The van der Waals surface area contributed by atoms with Gasteiger partial charge in [0.15, 0.2) is 5.75 Å². The first-order valence-corrected chi connectivity index (χ1v) is 5.20. The van der Waals surface area contributed by atoms with Gasteiger partial charge in [0.2, 0.25) is 0 Å². The number of nitrogens with one attached hydrogen (secondary N) is 1. The third-order valence-corrected chi connectivity index (χ3v) is 2.75. The first-order valence-electron chi connectivity index (χ1n) is 4.82. The van der Waals surface area contributed by atoms with E-state index in [0.29, 0.717) is 5.69 Å². The van der Waals surface area contributed by atoms with E-state index >= 15 is 0 Å². The fraction of sp³-hybridized carbons (Fsp3) is 0.400. The van der Waals surface area contributed by atoms with Crippen LogP contribution in [0.25, 0.3) is 0 Å². The van der Waals surface area contributed by atoms with E-state index in [1.54, 1.807) is 0 Å². The molecule has 0 atom stereocenters. The number of anilines is 1. The topological polar surface area (TPSA) is 35.5 Å². The number of phenols is 1. The van der Waals surface area contributed by atoms with Crippen molar-refractivity contribution in [1.82, 2.24) is 5.32 Å². The molecule has 0 unspecified atom stereocenters. The van der Waals surface area contributed by atoms with Crippen molar-refractivity contribution < 1.29 is 9.50 Å². The molecule has 1 saturated heterocycles. The molecule has 0 amide bonds. The molecule has 1 fully saturated rings. The molecule has 1 aliphatic heterocycles. The van der Waals surface area contributed by atoms with Crippen molar-refractivity contribution in [2.24, 2.45) is 0 Å². The van der Waals surface area contributed by atoms with Crippen LogP contribution >= 0.6 is 11.6 Å². The molecule has 2 rings (SSSR count). The average Bonchev–Trinajstić information content (AvgIpc) is 2.24. The van der Waals surface area contributed by atoms with Crippen LogP contribution in [0.3, 0.4) is 0 Å². The number of piperazine rings is 1. The molecule has 1 aromatic rings. The van der Waals surface area contributed by atoms with E-state index in [4.69, 9.17) is 11.6 Å². The molecule has 1 aromatic carbocycles. The van der Waals surface area contributed by atoms with E-state index in [-0.39, 0.29) is 10.8 Å². The summed E-state index contributed by atoms with van der Waals surface area (Å²) >= 11 is 5.71. The average molecular weight is 231 g/mol. The minimum absolute atomic E-state index is 0.0417. The van der Waals surface area contributed by atoms with Crippen LogP contribution in [0.5, 0.6) is 5.75 Å². The fourth-order valence-electron chi connectivity index (χ4n) is 1.70. The molecule has 82 valence electrons. The maximum atomic E-state index is 13.1. The highest BCUT2D eigenvalue weighted by Crippen LogP contribution is 2.35. The van der Waals surface area contributed by atoms with Crippen LogP contribution in [-0.2, 0) is 0 Å². The number of hydrogen-bond acceptors (Lipinski definition) is 3. The number of benzene rings is 1. The first kappa shape index (κ1) is 10.5. The van der Waals surface area contributed by atoms with E-state index in [1.165, 1.54) is 6.07 Å². The van der Waals surface area contributed by atoms with Gasteiger partial charge in [-0.3, -0.25) is 0 Å². The molecule has 2 N–H and O–H groups in total. The molecule has 0 aromatic heterocycles. The molecule has 15 heavy (non-hydrogen) atoms. The van der Waals surface area contributed by atoms with E-state index in [9.17, 15) is 9.50 Å². The highest BCUT2D eigenvalue weighted by Gasteiger charge is 2.17. The molecular weight excluding hydrogens is 219 g/mol. The zero-order valence-electron chi connectivity index (χ0n) is 8.13. The van der Waals surface area contributed by atoms with Gasteiger partial charge in [-0.1, -0.05) is 11.6 Å². The lowest BCUT2D eigenvalue weighted by Gasteiger charge is -2.30. The van der Waals surface area contributed by atoms with Gasteiger partial charge in [-0.05, 0) is 6.07 Å². The molecule has 1 aliphatic rings. The van der Waals surface area contributed by atoms with Crippen molar-refractivity contribution in [3.63, 3.8) is 0 Å². The summed E-state index contributed by atoms with van der Waals surface area (Å²) in [4.78, 5) is 1.92. The van der Waals surface area contributed by atoms with Crippen LogP contribution in [0.1, 0.15) is 0 Å². The second-order valence-corrected chi connectivity index (χ2v) is 3.90. The van der Waals surface area contributed by atoms with Gasteiger partial charge in [0.1, 0.15) is 5.82 Å². The number of rotatable bonds is 1. The predicted octanol–water partition coefficient (Wildman–Crippen LogP) is 1.59. The summed E-state index contributed by atoms with van der Waals surface area (Å²) < 4.78 is 13.1. The summed E-state index contributed by atoms with van der Waals surface area (Å²) in [7, 11) is 0. The Labute approximate surface area is 92.5 Å². The fourth-order valence-corrected chi connectivity index (χ4v) is 1.90. The lowest BCUT2D eigenvalue weighted by atomic mass is 10.2. The zero-order chi connectivity index (χ0) is 10.8. The Balaban J connectivity index is 2.33. The second-order valence-electron chi connectivity index (χ2n) is 3.49. The molecule has 0 spiro atoms. The lowest BCUT2D eigenvalue weighted by molar-refractivity contribution is 0.468. The Morgan fingerprint density at radius 2 is 2.00 bits per heavy atom. The summed E-state index contributed by atoms with van der Waals surface area (Å²) in [6, 6.07) is 2.43. The Kier molecular flexibility index (Phi) is 2.98. The third-order valence-electron chi connectivity index (χ3n) is 2.47. The highest BCUT2D eigenvalue weighted by molar-refractivity contribution is 6.32. The smallest absolute Gasteiger partial charge is 0.157 e. The van der Waals surface area contributed by atoms with Gasteiger partial charge >= 0.3 is 0 Å². The number of phenolic OH excluding ortho intramolecular Hbond substituents is 1. The van der Waals surface area contributed by atoms with Crippen molar-refractivity contribution in [2.45, 2.75) is 0 Å². The largest absolute Gasteiger partial charge is 0.504 e. The molecule has 0 saturated carbocycles. The number of hydrogen-bond donors (Lipinski definition) is 2. The van der Waals surface area contributed by atoms with Gasteiger partial charge in [-0.15, -0.1) is 0 Å². The number of nitrogens with zero attached hydrogens (tertiary/aromatic N) is 1. The van der Waals surface area contributed by atoms with Gasteiger partial charge in [-0.25, -0.2) is 4.39 Å². The Morgan fingerprint density at radius 3 is 2.67 bits per heavy atom. The Hall–Kier alpha value is -1.00. The van der Waals surface area contributed by atoms with Gasteiger partial charge < -0.3 is 15.3 Å². The van der Waals surface area contributed by atoms with Crippen molar-refractivity contribution in [3.05, 3.63) is 23.0 Å². The third kappa shape index (κ3) is 2.16. The maximum Gasteiger partial charge on any atom is 0.157 e. The van der Waals surface area contributed by atoms with Crippen molar-refractivity contribution in [3.8, 4) is 5.75 Å². The quantitative estimate of drug-likeness (QED) is 0.769. The summed E-state index contributed by atoms with van der Waals surface area (Å²) in [5.74, 6) is -0.466. The van der Waals surface area contributed by atoms with Gasteiger partial charge in [0.05, 0.1) is 10.7 Å².